The first kappa shape index (κ1) is 19.3. The summed E-state index contributed by atoms with van der Waals surface area (Å²) in [6.07, 6.45) is 3.29. The lowest BCUT2D eigenvalue weighted by molar-refractivity contribution is -0.0538. The molecule has 0 saturated carbocycles. The van der Waals surface area contributed by atoms with Crippen LogP contribution in [0.4, 0.5) is 0 Å². The molecule has 0 radical (unpaired) electrons. The maximum atomic E-state index is 12.8. The molecule has 2 heterocycles. The molecular weight excluding hydrogens is 360 g/mol. The van der Waals surface area contributed by atoms with Crippen LogP contribution in [0, 0.1) is 0 Å². The largest absolute Gasteiger partial charge is 0.449 e. The highest BCUT2D eigenvalue weighted by Crippen LogP contribution is 2.39. The summed E-state index contributed by atoms with van der Waals surface area (Å²) >= 11 is 0. The molecule has 0 aliphatic carbocycles. The smallest absolute Gasteiger partial charge is 0.339 e. The second kappa shape index (κ2) is 8.07. The van der Waals surface area contributed by atoms with Gasteiger partial charge in [-0.2, -0.15) is 0 Å². The van der Waals surface area contributed by atoms with Crippen LogP contribution in [-0.4, -0.2) is 36.0 Å². The summed E-state index contributed by atoms with van der Waals surface area (Å²) in [6.45, 7) is 1.74. The fraction of sp³-hybridized carbons (Fsp3) is 0.273. The number of benzene rings is 2. The van der Waals surface area contributed by atoms with E-state index in [1.807, 2.05) is 42.6 Å². The van der Waals surface area contributed by atoms with E-state index < -0.39 is 5.60 Å². The van der Waals surface area contributed by atoms with Gasteiger partial charge in [-0.05, 0) is 30.6 Å². The van der Waals surface area contributed by atoms with Crippen molar-refractivity contribution >= 4 is 29.1 Å². The standard InChI is InChI=1S/C22H22N2O2.ClH/c1-24-15-12-22(13-16-24,26-21(25)18-8-3-2-4-9-18)20-19-10-6-5-7-17(19)11-14-23-20;/h2-11,14H,12-13,15-16H2,1H3;1H. The number of pyridine rings is 1. The number of hydrogen-bond donors (Lipinski definition) is 0. The van der Waals surface area contributed by atoms with Crippen LogP contribution in [0.2, 0.25) is 0 Å². The zero-order valence-electron chi connectivity index (χ0n) is 15.3. The quantitative estimate of drug-likeness (QED) is 0.628. The van der Waals surface area contributed by atoms with Gasteiger partial charge in [0, 0.05) is 37.5 Å². The highest BCUT2D eigenvalue weighted by Gasteiger charge is 2.41. The summed E-state index contributed by atoms with van der Waals surface area (Å²) < 4.78 is 6.18. The maximum Gasteiger partial charge on any atom is 0.339 e. The third-order valence-corrected chi connectivity index (χ3v) is 5.20. The minimum atomic E-state index is -0.694. The normalized spacial score (nSPS) is 16.5. The molecule has 3 aromatic rings. The number of aromatic nitrogens is 1. The van der Waals surface area contributed by atoms with Gasteiger partial charge >= 0.3 is 5.97 Å². The van der Waals surface area contributed by atoms with Crippen LogP contribution in [-0.2, 0) is 10.3 Å². The highest BCUT2D eigenvalue weighted by atomic mass is 35.5. The van der Waals surface area contributed by atoms with Crippen LogP contribution in [0.3, 0.4) is 0 Å². The number of hydrogen-bond acceptors (Lipinski definition) is 4. The topological polar surface area (TPSA) is 42.4 Å². The van der Waals surface area contributed by atoms with Crippen molar-refractivity contribution < 1.29 is 9.53 Å². The lowest BCUT2D eigenvalue weighted by Crippen LogP contribution is -2.44. The van der Waals surface area contributed by atoms with Crippen LogP contribution in [0.5, 0.6) is 0 Å². The van der Waals surface area contributed by atoms with E-state index >= 15 is 0 Å². The lowest BCUT2D eigenvalue weighted by Gasteiger charge is -2.40. The monoisotopic (exact) mass is 382 g/mol. The van der Waals surface area contributed by atoms with Crippen molar-refractivity contribution in [2.24, 2.45) is 0 Å². The number of ether oxygens (including phenoxy) is 1. The Balaban J connectivity index is 0.00000210. The molecule has 1 aliphatic heterocycles. The lowest BCUT2D eigenvalue weighted by atomic mass is 9.85. The second-order valence-electron chi connectivity index (χ2n) is 6.93. The molecule has 27 heavy (non-hydrogen) atoms. The van der Waals surface area contributed by atoms with Gasteiger partial charge in [0.1, 0.15) is 0 Å². The summed E-state index contributed by atoms with van der Waals surface area (Å²) in [5.41, 5.74) is 0.749. The Hall–Kier alpha value is -2.43. The summed E-state index contributed by atoms with van der Waals surface area (Å²) in [5.74, 6) is -0.287. The van der Waals surface area contributed by atoms with Gasteiger partial charge in [-0.1, -0.05) is 42.5 Å². The molecule has 4 nitrogen and oxygen atoms in total. The Kier molecular flexibility index (Phi) is 5.78. The molecule has 0 unspecified atom stereocenters. The predicted octanol–water partition coefficient (Wildman–Crippen LogP) is 4.43. The van der Waals surface area contributed by atoms with Crippen molar-refractivity contribution in [3.05, 3.63) is 78.1 Å². The van der Waals surface area contributed by atoms with Gasteiger partial charge < -0.3 is 9.64 Å². The zero-order chi connectivity index (χ0) is 18.0. The molecule has 2 aromatic carbocycles. The molecule has 1 fully saturated rings. The van der Waals surface area contributed by atoms with Gasteiger partial charge in [0.05, 0.1) is 11.3 Å². The van der Waals surface area contributed by atoms with E-state index in [9.17, 15) is 4.79 Å². The average Bonchev–Trinajstić information content (AvgIpc) is 2.70. The van der Waals surface area contributed by atoms with Crippen molar-refractivity contribution in [3.63, 3.8) is 0 Å². The molecule has 0 amide bonds. The van der Waals surface area contributed by atoms with E-state index in [2.05, 4.69) is 29.1 Å². The van der Waals surface area contributed by atoms with Crippen molar-refractivity contribution in [2.75, 3.05) is 20.1 Å². The summed E-state index contributed by atoms with van der Waals surface area (Å²) in [6, 6.07) is 19.4. The number of esters is 1. The van der Waals surface area contributed by atoms with Gasteiger partial charge in [-0.15, -0.1) is 12.4 Å². The molecule has 4 rings (SSSR count). The minimum absolute atomic E-state index is 0. The number of halogens is 1. The number of piperidine rings is 1. The first-order valence-corrected chi connectivity index (χ1v) is 8.99. The van der Waals surface area contributed by atoms with E-state index in [4.69, 9.17) is 4.74 Å². The SMILES string of the molecule is CN1CCC(OC(=O)c2ccccc2)(c2nccc3ccccc23)CC1.Cl. The second-order valence-corrected chi connectivity index (χ2v) is 6.93. The Morgan fingerprint density at radius 3 is 2.41 bits per heavy atom. The van der Waals surface area contributed by atoms with Crippen molar-refractivity contribution in [2.45, 2.75) is 18.4 Å². The molecule has 1 aromatic heterocycles. The van der Waals surface area contributed by atoms with Gasteiger partial charge in [-0.3, -0.25) is 4.98 Å². The molecule has 5 heteroatoms. The van der Waals surface area contributed by atoms with Crippen LogP contribution < -0.4 is 0 Å². The minimum Gasteiger partial charge on any atom is -0.449 e. The van der Waals surface area contributed by atoms with E-state index in [0.29, 0.717) is 5.56 Å². The molecule has 140 valence electrons. The molecular formula is C22H23ClN2O2. The summed E-state index contributed by atoms with van der Waals surface area (Å²) in [5, 5.41) is 2.17. The Labute approximate surface area is 165 Å². The molecule has 0 bridgehead atoms. The summed E-state index contributed by atoms with van der Waals surface area (Å²) in [4.78, 5) is 19.8. The zero-order valence-corrected chi connectivity index (χ0v) is 16.1. The number of nitrogens with zero attached hydrogens (tertiary/aromatic N) is 2. The van der Waals surface area contributed by atoms with Gasteiger partial charge in [0.2, 0.25) is 0 Å². The maximum absolute atomic E-state index is 12.8. The van der Waals surface area contributed by atoms with Crippen molar-refractivity contribution in [1.82, 2.24) is 9.88 Å². The summed E-state index contributed by atoms with van der Waals surface area (Å²) in [7, 11) is 2.10. The highest BCUT2D eigenvalue weighted by molar-refractivity contribution is 5.90. The molecule has 1 saturated heterocycles. The van der Waals surface area contributed by atoms with Gasteiger partial charge in [0.25, 0.3) is 0 Å². The predicted molar refractivity (Wildman–Crippen MR) is 109 cm³/mol. The fourth-order valence-electron chi connectivity index (χ4n) is 3.66. The van der Waals surface area contributed by atoms with E-state index in [1.54, 1.807) is 12.1 Å². The molecule has 0 spiro atoms. The van der Waals surface area contributed by atoms with E-state index in [1.165, 1.54) is 0 Å². The third kappa shape index (κ3) is 3.82. The molecule has 0 atom stereocenters. The van der Waals surface area contributed by atoms with Crippen molar-refractivity contribution in [3.8, 4) is 0 Å². The first-order valence-electron chi connectivity index (χ1n) is 8.99. The Morgan fingerprint density at radius 2 is 1.67 bits per heavy atom. The van der Waals surface area contributed by atoms with Crippen molar-refractivity contribution in [1.29, 1.82) is 0 Å². The number of rotatable bonds is 3. The first-order chi connectivity index (χ1) is 12.7. The Bertz CT molecular complexity index is 917. The van der Waals surface area contributed by atoms with Crippen LogP contribution >= 0.6 is 12.4 Å². The van der Waals surface area contributed by atoms with E-state index in [0.717, 1.165) is 42.4 Å². The van der Waals surface area contributed by atoms with Crippen LogP contribution in [0.25, 0.3) is 10.8 Å². The molecule has 0 N–H and O–H groups in total. The number of carbonyl (C=O) groups is 1. The van der Waals surface area contributed by atoms with Crippen LogP contribution in [0.15, 0.2) is 66.9 Å². The van der Waals surface area contributed by atoms with E-state index in [-0.39, 0.29) is 18.4 Å². The third-order valence-electron chi connectivity index (χ3n) is 5.20. The van der Waals surface area contributed by atoms with Gasteiger partial charge in [0.15, 0.2) is 5.60 Å². The number of likely N-dealkylation sites (tertiary alicyclic amines) is 1. The van der Waals surface area contributed by atoms with Crippen LogP contribution in [0.1, 0.15) is 28.9 Å². The number of fused-ring (bicyclic) bond motifs is 1. The molecule has 1 aliphatic rings. The average molecular weight is 383 g/mol. The number of carbonyl (C=O) groups excluding carboxylic acids is 1. The Morgan fingerprint density at radius 1 is 1.00 bits per heavy atom. The van der Waals surface area contributed by atoms with Gasteiger partial charge in [-0.25, -0.2) is 4.79 Å². The fourth-order valence-corrected chi connectivity index (χ4v) is 3.66.